The number of aliphatic hydroxyl groups is 10. The van der Waals surface area contributed by atoms with Gasteiger partial charge in [0.25, 0.3) is 0 Å². The van der Waals surface area contributed by atoms with Crippen LogP contribution in [0.3, 0.4) is 0 Å². The lowest BCUT2D eigenvalue weighted by Gasteiger charge is -2.10. The summed E-state index contributed by atoms with van der Waals surface area (Å²) in [5.41, 5.74) is 0. The average molecular weight is 350 g/mol. The van der Waals surface area contributed by atoms with Crippen LogP contribution in [0.5, 0.6) is 0 Å². The Morgan fingerprint density at radius 1 is 0.435 bits per heavy atom. The molecule has 0 spiro atoms. The van der Waals surface area contributed by atoms with Gasteiger partial charge in [-0.05, 0) is 0 Å². The van der Waals surface area contributed by atoms with Gasteiger partial charge in [-0.15, -0.1) is 0 Å². The summed E-state index contributed by atoms with van der Waals surface area (Å²) >= 11 is 0. The Balaban J connectivity index is -0.000000284. The molecular formula is C12H30O11. The van der Waals surface area contributed by atoms with E-state index in [0.717, 1.165) is 0 Å². The minimum Gasteiger partial charge on any atom is -0.394 e. The summed E-state index contributed by atoms with van der Waals surface area (Å²) in [5.74, 6) is 0. The summed E-state index contributed by atoms with van der Waals surface area (Å²) in [4.78, 5) is 0. The minimum atomic E-state index is -0.954. The third kappa shape index (κ3) is 26.8. The summed E-state index contributed by atoms with van der Waals surface area (Å²) in [6, 6.07) is 0. The van der Waals surface area contributed by atoms with Crippen LogP contribution in [0.25, 0.3) is 0 Å². The highest BCUT2D eigenvalue weighted by Crippen LogP contribution is 1.87. The Hall–Kier alpha value is -0.440. The molecular weight excluding hydrogens is 320 g/mol. The fourth-order valence-electron chi connectivity index (χ4n) is 0.561. The number of hydrogen-bond acceptors (Lipinski definition) is 11. The third-order valence-electron chi connectivity index (χ3n) is 1.88. The Kier molecular flexibility index (Phi) is 25.7. The van der Waals surface area contributed by atoms with Gasteiger partial charge in [-0.25, -0.2) is 0 Å². The van der Waals surface area contributed by atoms with Crippen molar-refractivity contribution < 1.29 is 55.8 Å². The number of rotatable bonds is 10. The molecule has 0 aromatic rings. The predicted octanol–water partition coefficient (Wildman–Crippen LogP) is -5.63. The topological polar surface area (TPSA) is 212 Å². The van der Waals surface area contributed by atoms with E-state index in [1.807, 2.05) is 0 Å². The van der Waals surface area contributed by atoms with Crippen molar-refractivity contribution in [3.8, 4) is 0 Å². The molecule has 2 unspecified atom stereocenters. The van der Waals surface area contributed by atoms with Crippen LogP contribution in [0.1, 0.15) is 0 Å². The molecule has 144 valence electrons. The summed E-state index contributed by atoms with van der Waals surface area (Å²) in [5, 5.41) is 82.1. The maximum Gasteiger partial charge on any atom is 0.100 e. The fourth-order valence-corrected chi connectivity index (χ4v) is 0.561. The van der Waals surface area contributed by atoms with Gasteiger partial charge in [-0.3, -0.25) is 0 Å². The van der Waals surface area contributed by atoms with Crippen LogP contribution in [0, 0.1) is 0 Å². The van der Waals surface area contributed by atoms with E-state index in [1.165, 1.54) is 0 Å². The molecule has 2 atom stereocenters. The molecule has 0 heterocycles. The molecule has 0 rings (SSSR count). The van der Waals surface area contributed by atoms with Crippen LogP contribution in [-0.4, -0.2) is 128 Å². The van der Waals surface area contributed by atoms with Crippen LogP contribution in [-0.2, 0) is 4.74 Å². The van der Waals surface area contributed by atoms with Crippen molar-refractivity contribution in [3.63, 3.8) is 0 Å². The molecule has 0 saturated heterocycles. The average Bonchev–Trinajstić information content (AvgIpc) is 2.60. The lowest BCUT2D eigenvalue weighted by atomic mass is 10.4. The Bertz CT molecular complexity index is 179. The predicted molar refractivity (Wildman–Crippen MR) is 77.4 cm³/mol. The summed E-state index contributed by atoms with van der Waals surface area (Å²) in [6.07, 6.45) is -3.74. The Labute approximate surface area is 134 Å². The first-order valence-electron chi connectivity index (χ1n) is 6.77. The molecule has 0 radical (unpaired) electrons. The van der Waals surface area contributed by atoms with Crippen molar-refractivity contribution in [2.24, 2.45) is 0 Å². The van der Waals surface area contributed by atoms with E-state index in [4.69, 9.17) is 55.8 Å². The first-order chi connectivity index (χ1) is 10.8. The van der Waals surface area contributed by atoms with E-state index >= 15 is 0 Å². The van der Waals surface area contributed by atoms with Crippen molar-refractivity contribution in [1.29, 1.82) is 0 Å². The standard InChI is InChI=1S/C6H14O5.2C3H8O3/c7-1-5(9)3-11-4-6(10)2-8;2*4-1-3(6)2-5/h5-10H,1-4H2;2*3-6H,1-2H2. The smallest absolute Gasteiger partial charge is 0.100 e. The summed E-state index contributed by atoms with van der Waals surface area (Å²) in [6.45, 7) is -2.26. The number of ether oxygens (including phenoxy) is 1. The molecule has 0 aliphatic heterocycles. The van der Waals surface area contributed by atoms with Gasteiger partial charge >= 0.3 is 0 Å². The van der Waals surface area contributed by atoms with E-state index in [1.54, 1.807) is 0 Å². The normalized spacial score (nSPS) is 13.0. The second-order valence-corrected chi connectivity index (χ2v) is 4.25. The Morgan fingerprint density at radius 3 is 0.783 bits per heavy atom. The van der Waals surface area contributed by atoms with Gasteiger partial charge in [0.15, 0.2) is 0 Å². The number of aliphatic hydroxyl groups excluding tert-OH is 10. The van der Waals surface area contributed by atoms with E-state index in [9.17, 15) is 0 Å². The molecule has 0 fully saturated rings. The monoisotopic (exact) mass is 350 g/mol. The molecule has 0 aromatic heterocycles. The van der Waals surface area contributed by atoms with E-state index in [-0.39, 0.29) is 52.9 Å². The van der Waals surface area contributed by atoms with Crippen molar-refractivity contribution in [1.82, 2.24) is 0 Å². The van der Waals surface area contributed by atoms with Gasteiger partial charge in [-0.1, -0.05) is 0 Å². The highest BCUT2D eigenvalue weighted by atomic mass is 16.5. The molecule has 10 N–H and O–H groups in total. The Morgan fingerprint density at radius 2 is 0.652 bits per heavy atom. The lowest BCUT2D eigenvalue weighted by molar-refractivity contribution is -0.0364. The second-order valence-electron chi connectivity index (χ2n) is 4.25. The van der Waals surface area contributed by atoms with Gasteiger partial charge in [0.05, 0.1) is 52.9 Å². The highest BCUT2D eigenvalue weighted by molar-refractivity contribution is 4.52. The van der Waals surface area contributed by atoms with Crippen LogP contribution in [0.4, 0.5) is 0 Å². The molecule has 0 saturated carbocycles. The van der Waals surface area contributed by atoms with Crippen LogP contribution < -0.4 is 0 Å². The van der Waals surface area contributed by atoms with Crippen molar-refractivity contribution in [2.45, 2.75) is 24.4 Å². The molecule has 0 amide bonds. The fraction of sp³-hybridized carbons (Fsp3) is 1.00. The summed E-state index contributed by atoms with van der Waals surface area (Å²) in [7, 11) is 0. The van der Waals surface area contributed by atoms with Crippen molar-refractivity contribution >= 4 is 0 Å². The van der Waals surface area contributed by atoms with Crippen molar-refractivity contribution in [2.75, 3.05) is 52.9 Å². The van der Waals surface area contributed by atoms with Crippen molar-refractivity contribution in [3.05, 3.63) is 0 Å². The zero-order chi connectivity index (χ0) is 18.7. The SMILES string of the molecule is OCC(O)CO.OCC(O)CO.OCC(O)COCC(O)CO. The first kappa shape index (κ1) is 27.4. The molecule has 0 aliphatic rings. The maximum absolute atomic E-state index is 8.72. The minimum absolute atomic E-state index is 0.0342. The molecule has 0 aromatic carbocycles. The molecule has 0 bridgehead atoms. The highest BCUT2D eigenvalue weighted by Gasteiger charge is 2.04. The van der Waals surface area contributed by atoms with E-state index in [2.05, 4.69) is 0 Å². The van der Waals surface area contributed by atoms with Crippen LogP contribution >= 0.6 is 0 Å². The first-order valence-corrected chi connectivity index (χ1v) is 6.77. The van der Waals surface area contributed by atoms with E-state index < -0.39 is 24.4 Å². The van der Waals surface area contributed by atoms with Crippen LogP contribution in [0.15, 0.2) is 0 Å². The van der Waals surface area contributed by atoms with Gasteiger partial charge in [0.1, 0.15) is 24.4 Å². The lowest BCUT2D eigenvalue weighted by Crippen LogP contribution is -2.25. The number of hydrogen-bond donors (Lipinski definition) is 10. The van der Waals surface area contributed by atoms with Gasteiger partial charge < -0.3 is 55.8 Å². The molecule has 23 heavy (non-hydrogen) atoms. The van der Waals surface area contributed by atoms with Crippen LogP contribution in [0.2, 0.25) is 0 Å². The second kappa shape index (κ2) is 21.6. The molecule has 11 nitrogen and oxygen atoms in total. The van der Waals surface area contributed by atoms with Gasteiger partial charge in [0.2, 0.25) is 0 Å². The zero-order valence-corrected chi connectivity index (χ0v) is 12.8. The van der Waals surface area contributed by atoms with Gasteiger partial charge in [0, 0.05) is 0 Å². The zero-order valence-electron chi connectivity index (χ0n) is 12.8. The van der Waals surface area contributed by atoms with E-state index in [0.29, 0.717) is 0 Å². The quantitative estimate of drug-likeness (QED) is 0.179. The third-order valence-corrected chi connectivity index (χ3v) is 1.88. The largest absolute Gasteiger partial charge is 0.394 e. The molecule has 0 aliphatic carbocycles. The van der Waals surface area contributed by atoms with Gasteiger partial charge in [-0.2, -0.15) is 0 Å². The maximum atomic E-state index is 8.72. The summed E-state index contributed by atoms with van der Waals surface area (Å²) < 4.78 is 4.72. The molecule has 11 heteroatoms.